The first kappa shape index (κ1) is 16.4. The van der Waals surface area contributed by atoms with Gasteiger partial charge in [-0.1, -0.05) is 0 Å². The number of hydrogen-bond donors (Lipinski definition) is 3. The lowest BCUT2D eigenvalue weighted by atomic mass is 10.2. The Morgan fingerprint density at radius 2 is 2.33 bits per heavy atom. The molecule has 0 aliphatic carbocycles. The number of nitrogens with zero attached hydrogens (tertiary/aromatic N) is 1. The highest BCUT2D eigenvalue weighted by Gasteiger charge is 2.43. The van der Waals surface area contributed by atoms with Crippen LogP contribution in [0.1, 0.15) is 19.1 Å². The van der Waals surface area contributed by atoms with Gasteiger partial charge in [-0.15, -0.1) is 0 Å². The fraction of sp³-hybridized carbons (Fsp3) is 0.556. The molecule has 1 aliphatic heterocycles. The molecule has 1 aromatic heterocycles. The van der Waals surface area contributed by atoms with E-state index in [1.54, 1.807) is 0 Å². The van der Waals surface area contributed by atoms with Gasteiger partial charge in [0.25, 0.3) is 5.56 Å². The number of H-pyrrole nitrogens is 1. The number of alkyl halides is 1. The van der Waals surface area contributed by atoms with Crippen LogP contribution in [0.5, 0.6) is 0 Å². The van der Waals surface area contributed by atoms with Gasteiger partial charge in [-0.25, -0.2) is 8.96 Å². The lowest BCUT2D eigenvalue weighted by molar-refractivity contribution is -0.174. The van der Waals surface area contributed by atoms with Crippen LogP contribution in [-0.4, -0.2) is 31.8 Å². The molecular formula is C9H11F2N2O6PS. The van der Waals surface area contributed by atoms with E-state index in [0.717, 1.165) is 10.8 Å². The summed E-state index contributed by atoms with van der Waals surface area (Å²) in [5.74, 6) is -3.55. The van der Waals surface area contributed by atoms with Crippen LogP contribution in [0.15, 0.2) is 11.0 Å². The van der Waals surface area contributed by atoms with Crippen molar-refractivity contribution >= 4 is 20.0 Å². The monoisotopic (exact) mass is 344 g/mol. The van der Waals surface area contributed by atoms with Crippen molar-refractivity contribution in [1.82, 2.24) is 9.55 Å². The quantitative estimate of drug-likeness (QED) is 0.554. The highest BCUT2D eigenvalue weighted by Crippen LogP contribution is 2.43. The van der Waals surface area contributed by atoms with E-state index in [2.05, 4.69) is 9.51 Å². The van der Waals surface area contributed by atoms with Gasteiger partial charge in [0.1, 0.15) is 12.8 Å². The summed E-state index contributed by atoms with van der Waals surface area (Å²) in [6.07, 6.45) is -0.420. The second kappa shape index (κ2) is 5.67. The van der Waals surface area contributed by atoms with E-state index in [9.17, 15) is 18.1 Å². The Morgan fingerprint density at radius 1 is 1.67 bits per heavy atom. The average molecular weight is 344 g/mol. The highest BCUT2D eigenvalue weighted by molar-refractivity contribution is 7.71. The first-order valence-electron chi connectivity index (χ1n) is 5.67. The third-order valence-corrected chi connectivity index (χ3v) is 3.57. The molecule has 0 unspecified atom stereocenters. The van der Waals surface area contributed by atoms with Crippen molar-refractivity contribution in [3.63, 3.8) is 0 Å². The maximum absolute atomic E-state index is 14.2. The van der Waals surface area contributed by atoms with E-state index in [1.807, 2.05) is 0 Å². The molecule has 0 radical (unpaired) electrons. The molecule has 0 saturated carbocycles. The number of ether oxygens (including phenoxy) is 1. The fourth-order valence-electron chi connectivity index (χ4n) is 1.86. The Bertz CT molecular complexity index is 702. The number of aromatic amines is 1. The van der Waals surface area contributed by atoms with Gasteiger partial charge in [-0.3, -0.25) is 18.9 Å². The third-order valence-electron chi connectivity index (χ3n) is 2.79. The van der Waals surface area contributed by atoms with Crippen molar-refractivity contribution in [1.29, 1.82) is 0 Å². The molecule has 1 fully saturated rings. The molecule has 8 nitrogen and oxygen atoms in total. The predicted molar refractivity (Wildman–Crippen MR) is 67.0 cm³/mol. The second-order valence-corrected chi connectivity index (χ2v) is 6.03. The SMILES string of the molecule is O=c1[nH]c(=S)n([C@H]2CC[C@@](F)(COP(=O)(O)O)O2)cc1F. The van der Waals surface area contributed by atoms with Crippen LogP contribution in [0.25, 0.3) is 0 Å². The maximum atomic E-state index is 14.2. The Morgan fingerprint density at radius 3 is 2.95 bits per heavy atom. The topological polar surface area (TPSA) is 114 Å². The Kier molecular flexibility index (Phi) is 4.43. The van der Waals surface area contributed by atoms with E-state index >= 15 is 0 Å². The van der Waals surface area contributed by atoms with Crippen LogP contribution >= 0.6 is 20.0 Å². The number of phosphoric acid groups is 1. The van der Waals surface area contributed by atoms with Gasteiger partial charge < -0.3 is 14.5 Å². The summed E-state index contributed by atoms with van der Waals surface area (Å²) >= 11 is 4.82. The minimum absolute atomic E-state index is 0.0564. The van der Waals surface area contributed by atoms with Gasteiger partial charge in [0.15, 0.2) is 4.77 Å². The summed E-state index contributed by atoms with van der Waals surface area (Å²) in [5.41, 5.74) is -1.01. The first-order chi connectivity index (χ1) is 9.60. The lowest BCUT2D eigenvalue weighted by Gasteiger charge is -2.21. The number of halogens is 2. The first-order valence-corrected chi connectivity index (χ1v) is 7.61. The van der Waals surface area contributed by atoms with Crippen molar-refractivity contribution in [3.05, 3.63) is 27.1 Å². The van der Waals surface area contributed by atoms with E-state index in [4.69, 9.17) is 26.7 Å². The molecular weight excluding hydrogens is 333 g/mol. The number of nitrogens with one attached hydrogen (secondary N) is 1. The minimum Gasteiger partial charge on any atom is -0.320 e. The van der Waals surface area contributed by atoms with E-state index in [0.29, 0.717) is 0 Å². The Balaban J connectivity index is 2.15. The molecule has 118 valence electrons. The predicted octanol–water partition coefficient (Wildman–Crippen LogP) is 1.13. The zero-order valence-corrected chi connectivity index (χ0v) is 12.1. The average Bonchev–Trinajstić information content (AvgIpc) is 2.74. The summed E-state index contributed by atoms with van der Waals surface area (Å²) in [6, 6.07) is 0. The Labute approximate surface area is 121 Å². The largest absolute Gasteiger partial charge is 0.469 e. The van der Waals surface area contributed by atoms with Crippen LogP contribution in [-0.2, 0) is 13.8 Å². The molecule has 2 rings (SSSR count). The molecule has 1 aliphatic rings. The summed E-state index contributed by atoms with van der Waals surface area (Å²) in [6.45, 7) is -0.979. The summed E-state index contributed by atoms with van der Waals surface area (Å²) in [7, 11) is -4.83. The molecule has 3 N–H and O–H groups in total. The Hall–Kier alpha value is -0.970. The number of phosphoric ester groups is 1. The second-order valence-electron chi connectivity index (χ2n) is 4.40. The molecule has 0 spiro atoms. The van der Waals surface area contributed by atoms with Crippen LogP contribution in [0.4, 0.5) is 8.78 Å². The maximum Gasteiger partial charge on any atom is 0.469 e. The molecule has 1 saturated heterocycles. The highest BCUT2D eigenvalue weighted by atomic mass is 32.1. The van der Waals surface area contributed by atoms with Crippen molar-refractivity contribution in [2.45, 2.75) is 24.9 Å². The summed E-state index contributed by atoms with van der Waals surface area (Å²) in [4.78, 5) is 30.2. The number of aromatic nitrogens is 2. The fourth-order valence-corrected chi connectivity index (χ4v) is 2.48. The number of rotatable bonds is 4. The molecule has 1 aromatic rings. The van der Waals surface area contributed by atoms with Gasteiger partial charge in [0.05, 0.1) is 6.20 Å². The van der Waals surface area contributed by atoms with Gasteiger partial charge in [-0.2, -0.15) is 4.39 Å². The van der Waals surface area contributed by atoms with Crippen LogP contribution < -0.4 is 5.56 Å². The molecule has 2 heterocycles. The molecule has 2 atom stereocenters. The number of hydrogen-bond acceptors (Lipinski definition) is 5. The summed E-state index contributed by atoms with van der Waals surface area (Å²) in [5, 5.41) is 0. The van der Waals surface area contributed by atoms with Crippen molar-refractivity contribution in [2.24, 2.45) is 0 Å². The standard InChI is InChI=1S/C9H11F2N2O6PS/c10-5-3-13(8(21)12-7(5)14)6-1-2-9(11,19-6)4-18-20(15,16)17/h3,6H,1-2,4H2,(H,12,14,21)(H2,15,16,17)/t6-,9+/m1/s1. The van der Waals surface area contributed by atoms with Crippen molar-refractivity contribution < 1.29 is 32.4 Å². The van der Waals surface area contributed by atoms with Crippen molar-refractivity contribution in [2.75, 3.05) is 6.61 Å². The van der Waals surface area contributed by atoms with E-state index in [-0.39, 0.29) is 17.6 Å². The molecule has 0 aromatic carbocycles. The van der Waals surface area contributed by atoms with Crippen LogP contribution in [0.2, 0.25) is 0 Å². The normalized spacial score (nSPS) is 26.2. The minimum atomic E-state index is -4.83. The van der Waals surface area contributed by atoms with Crippen LogP contribution in [0.3, 0.4) is 0 Å². The molecule has 12 heteroatoms. The lowest BCUT2D eigenvalue weighted by Crippen LogP contribution is -2.29. The molecule has 21 heavy (non-hydrogen) atoms. The van der Waals surface area contributed by atoms with E-state index in [1.165, 1.54) is 0 Å². The summed E-state index contributed by atoms with van der Waals surface area (Å²) < 4.78 is 47.9. The van der Waals surface area contributed by atoms with Crippen LogP contribution in [0, 0.1) is 10.6 Å². The van der Waals surface area contributed by atoms with Gasteiger partial charge >= 0.3 is 7.82 Å². The van der Waals surface area contributed by atoms with Gasteiger partial charge in [-0.05, 0) is 18.6 Å². The van der Waals surface area contributed by atoms with Gasteiger partial charge in [0.2, 0.25) is 11.7 Å². The smallest absolute Gasteiger partial charge is 0.320 e. The zero-order valence-electron chi connectivity index (χ0n) is 10.4. The zero-order chi connectivity index (χ0) is 15.8. The third kappa shape index (κ3) is 4.02. The molecule has 0 amide bonds. The van der Waals surface area contributed by atoms with Crippen molar-refractivity contribution in [3.8, 4) is 0 Å². The van der Waals surface area contributed by atoms with E-state index < -0.39 is 37.9 Å². The molecule has 0 bridgehead atoms. The van der Waals surface area contributed by atoms with Gasteiger partial charge in [0, 0.05) is 6.42 Å².